The largest absolute Gasteiger partial charge is 0.454 e. The van der Waals surface area contributed by atoms with E-state index in [0.29, 0.717) is 22.4 Å². The number of ketones is 1. The molecule has 1 aromatic carbocycles. The van der Waals surface area contributed by atoms with E-state index >= 15 is 0 Å². The molecule has 7 rings (SSSR count). The van der Waals surface area contributed by atoms with Crippen molar-refractivity contribution in [2.24, 2.45) is 35.5 Å². The van der Waals surface area contributed by atoms with Crippen LogP contribution < -0.4 is 4.90 Å². The van der Waals surface area contributed by atoms with E-state index in [2.05, 4.69) is 12.2 Å². The lowest BCUT2D eigenvalue weighted by Crippen LogP contribution is -2.40. The summed E-state index contributed by atoms with van der Waals surface area (Å²) >= 11 is 1.29. The molecule has 0 unspecified atom stereocenters. The zero-order valence-corrected chi connectivity index (χ0v) is 17.3. The first kappa shape index (κ1) is 18.7. The molecular formula is C24H19NO5S. The number of anilines is 1. The molecular weight excluding hydrogens is 414 g/mol. The van der Waals surface area contributed by atoms with Gasteiger partial charge in [-0.05, 0) is 59.7 Å². The molecule has 1 aliphatic heterocycles. The van der Waals surface area contributed by atoms with Gasteiger partial charge in [0.05, 0.1) is 28.0 Å². The molecule has 0 N–H and O–H groups in total. The second-order valence-electron chi connectivity index (χ2n) is 8.69. The molecule has 7 heteroatoms. The molecule has 2 heterocycles. The third kappa shape index (κ3) is 2.76. The standard InChI is InChI=1S/C24H19NO5S/c26-18(19-5-2-8-31-19)11-30-24(29)12-3-1-4-13(9-12)25-22(27)20-14-6-7-15(17-10-16(14)17)21(20)23(25)28/h1-9,14-17,20-21H,10-11H2/t14-,15+,16-,17-,20+,21+/m1/s1. The van der Waals surface area contributed by atoms with Crippen LogP contribution in [0, 0.1) is 35.5 Å². The second kappa shape index (κ2) is 6.72. The van der Waals surface area contributed by atoms with Gasteiger partial charge in [0.15, 0.2) is 6.61 Å². The average molecular weight is 433 g/mol. The highest BCUT2D eigenvalue weighted by molar-refractivity contribution is 7.12. The molecule has 1 saturated heterocycles. The Morgan fingerprint density at radius 1 is 1.00 bits per heavy atom. The topological polar surface area (TPSA) is 80.8 Å². The summed E-state index contributed by atoms with van der Waals surface area (Å²) < 4.78 is 5.16. The van der Waals surface area contributed by atoms with Crippen molar-refractivity contribution in [2.45, 2.75) is 6.42 Å². The van der Waals surface area contributed by atoms with Crippen molar-refractivity contribution in [3.63, 3.8) is 0 Å². The maximum absolute atomic E-state index is 13.2. The van der Waals surface area contributed by atoms with Gasteiger partial charge >= 0.3 is 5.97 Å². The van der Waals surface area contributed by atoms with Crippen LogP contribution in [-0.2, 0) is 14.3 Å². The fraction of sp³-hybridized carbons (Fsp3) is 0.333. The maximum Gasteiger partial charge on any atom is 0.338 e. The van der Waals surface area contributed by atoms with Crippen LogP contribution in [0.25, 0.3) is 0 Å². The van der Waals surface area contributed by atoms with Crippen LogP contribution in [0.1, 0.15) is 26.5 Å². The Morgan fingerprint density at radius 3 is 2.35 bits per heavy atom. The van der Waals surface area contributed by atoms with E-state index in [1.165, 1.54) is 22.3 Å². The van der Waals surface area contributed by atoms with Crippen molar-refractivity contribution in [2.75, 3.05) is 11.5 Å². The van der Waals surface area contributed by atoms with Crippen LogP contribution in [0.15, 0.2) is 53.9 Å². The van der Waals surface area contributed by atoms with E-state index < -0.39 is 5.97 Å². The lowest BCUT2D eigenvalue weighted by Gasteiger charge is -2.37. The van der Waals surface area contributed by atoms with E-state index in [1.807, 2.05) is 0 Å². The Hall–Kier alpha value is -3.06. The molecule has 3 fully saturated rings. The number of carbonyl (C=O) groups is 4. The van der Waals surface area contributed by atoms with Crippen LogP contribution in [0.5, 0.6) is 0 Å². The molecule has 4 aliphatic carbocycles. The van der Waals surface area contributed by atoms with Crippen molar-refractivity contribution >= 4 is 40.6 Å². The summed E-state index contributed by atoms with van der Waals surface area (Å²) in [7, 11) is 0. The number of ether oxygens (including phenoxy) is 1. The molecule has 2 saturated carbocycles. The third-order valence-electron chi connectivity index (χ3n) is 7.13. The van der Waals surface area contributed by atoms with Crippen LogP contribution in [0.3, 0.4) is 0 Å². The molecule has 156 valence electrons. The Morgan fingerprint density at radius 2 is 1.71 bits per heavy atom. The summed E-state index contributed by atoms with van der Waals surface area (Å²) in [6.07, 6.45) is 5.38. The first-order valence-electron chi connectivity index (χ1n) is 10.4. The van der Waals surface area contributed by atoms with E-state index in [4.69, 9.17) is 4.74 Å². The van der Waals surface area contributed by atoms with Gasteiger partial charge in [-0.3, -0.25) is 14.4 Å². The summed E-state index contributed by atoms with van der Waals surface area (Å²) in [5, 5.41) is 1.78. The predicted molar refractivity (Wildman–Crippen MR) is 113 cm³/mol. The summed E-state index contributed by atoms with van der Waals surface area (Å²) in [5.41, 5.74) is 0.590. The lowest BCUT2D eigenvalue weighted by atomic mass is 9.63. The minimum atomic E-state index is -0.661. The fourth-order valence-corrected chi connectivity index (χ4v) is 6.36. The normalized spacial score (nSPS) is 32.1. The molecule has 0 radical (unpaired) electrons. The minimum absolute atomic E-state index is 0.151. The summed E-state index contributed by atoms with van der Waals surface area (Å²) in [6.45, 7) is -0.354. The van der Waals surface area contributed by atoms with Crippen molar-refractivity contribution in [3.8, 4) is 0 Å². The number of amides is 2. The third-order valence-corrected chi connectivity index (χ3v) is 8.04. The number of rotatable bonds is 5. The number of thiophene rings is 1. The van der Waals surface area contributed by atoms with Crippen molar-refractivity contribution in [1.82, 2.24) is 0 Å². The molecule has 1 aromatic heterocycles. The van der Waals surface area contributed by atoms with Crippen molar-refractivity contribution < 1.29 is 23.9 Å². The van der Waals surface area contributed by atoms with Gasteiger partial charge in [0.1, 0.15) is 0 Å². The van der Waals surface area contributed by atoms with Gasteiger partial charge < -0.3 is 4.74 Å². The molecule has 6 atom stereocenters. The van der Waals surface area contributed by atoms with Crippen LogP contribution >= 0.6 is 11.3 Å². The Balaban J connectivity index is 1.21. The van der Waals surface area contributed by atoms with Gasteiger partial charge in [-0.2, -0.15) is 0 Å². The predicted octanol–water partition coefficient (Wildman–Crippen LogP) is 3.35. The molecule has 0 spiro atoms. The number of hydrogen-bond donors (Lipinski definition) is 0. The Labute approximate surface area is 182 Å². The number of benzene rings is 1. The first-order chi connectivity index (χ1) is 15.0. The monoisotopic (exact) mass is 433 g/mol. The lowest BCUT2D eigenvalue weighted by molar-refractivity contribution is -0.124. The molecule has 6 nitrogen and oxygen atoms in total. The van der Waals surface area contributed by atoms with Gasteiger partial charge in [-0.1, -0.05) is 24.3 Å². The van der Waals surface area contributed by atoms with Crippen LogP contribution in [0.2, 0.25) is 0 Å². The quantitative estimate of drug-likeness (QED) is 0.313. The molecule has 31 heavy (non-hydrogen) atoms. The van der Waals surface area contributed by atoms with Gasteiger partial charge in [-0.15, -0.1) is 11.3 Å². The smallest absolute Gasteiger partial charge is 0.338 e. The summed E-state index contributed by atoms with van der Waals surface area (Å²) in [5.74, 6) is -0.464. The van der Waals surface area contributed by atoms with Crippen molar-refractivity contribution in [1.29, 1.82) is 0 Å². The molecule has 2 amide bonds. The Bertz CT molecular complexity index is 1120. The second-order valence-corrected chi connectivity index (χ2v) is 9.64. The van der Waals surface area contributed by atoms with Crippen LogP contribution in [-0.4, -0.2) is 30.2 Å². The van der Waals surface area contributed by atoms with Gasteiger partial charge in [0.2, 0.25) is 17.6 Å². The highest BCUT2D eigenvalue weighted by Crippen LogP contribution is 2.65. The Kier molecular flexibility index (Phi) is 4.05. The van der Waals surface area contributed by atoms with E-state index in [-0.39, 0.29) is 53.4 Å². The number of esters is 1. The summed E-state index contributed by atoms with van der Waals surface area (Å²) in [6, 6.07) is 9.78. The maximum atomic E-state index is 13.2. The van der Waals surface area contributed by atoms with Gasteiger partial charge in [0.25, 0.3) is 0 Å². The molecule has 2 bridgehead atoms. The fourth-order valence-electron chi connectivity index (χ4n) is 5.71. The average Bonchev–Trinajstić information content (AvgIpc) is 3.35. The number of hydrogen-bond acceptors (Lipinski definition) is 6. The van der Waals surface area contributed by atoms with E-state index in [9.17, 15) is 19.2 Å². The summed E-state index contributed by atoms with van der Waals surface area (Å²) in [4.78, 5) is 52.8. The van der Waals surface area contributed by atoms with E-state index in [0.717, 1.165) is 6.42 Å². The number of allylic oxidation sites excluding steroid dienone is 2. The van der Waals surface area contributed by atoms with Gasteiger partial charge in [-0.25, -0.2) is 9.69 Å². The number of imide groups is 1. The van der Waals surface area contributed by atoms with Gasteiger partial charge in [0, 0.05) is 0 Å². The number of Topliss-reactive ketones (excluding diaryl/α,β-unsaturated/α-hetero) is 1. The number of nitrogens with zero attached hydrogens (tertiary/aromatic N) is 1. The minimum Gasteiger partial charge on any atom is -0.454 e. The molecule has 5 aliphatic rings. The van der Waals surface area contributed by atoms with E-state index in [1.54, 1.807) is 35.7 Å². The van der Waals surface area contributed by atoms with Crippen LogP contribution in [0.4, 0.5) is 5.69 Å². The molecule has 2 aromatic rings. The first-order valence-corrected chi connectivity index (χ1v) is 11.3. The zero-order valence-electron chi connectivity index (χ0n) is 16.5. The highest BCUT2D eigenvalue weighted by Gasteiger charge is 2.67. The van der Waals surface area contributed by atoms with Crippen molar-refractivity contribution in [3.05, 3.63) is 64.4 Å². The number of carbonyl (C=O) groups excluding carboxylic acids is 4. The highest BCUT2D eigenvalue weighted by atomic mass is 32.1. The zero-order chi connectivity index (χ0) is 21.3. The SMILES string of the molecule is O=C(OCC(=O)c1cccs1)c1cccc(N2C(=O)[C@H]3[C@@H]4C=C[C@@H]([C@H]5C[C@H]45)[C@@H]3C2=O)c1.